The van der Waals surface area contributed by atoms with E-state index in [1.54, 1.807) is 0 Å². The van der Waals surface area contributed by atoms with Crippen molar-refractivity contribution < 1.29 is 4.79 Å². The molecule has 0 aromatic rings. The van der Waals surface area contributed by atoms with Crippen molar-refractivity contribution in [1.29, 1.82) is 0 Å². The lowest BCUT2D eigenvalue weighted by Crippen LogP contribution is -2.47. The summed E-state index contributed by atoms with van der Waals surface area (Å²) < 4.78 is 0. The van der Waals surface area contributed by atoms with E-state index in [1.165, 1.54) is 19.3 Å². The van der Waals surface area contributed by atoms with Gasteiger partial charge in [-0.1, -0.05) is 12.8 Å². The number of piperidine rings is 1. The van der Waals surface area contributed by atoms with E-state index in [0.717, 1.165) is 44.4 Å². The van der Waals surface area contributed by atoms with Gasteiger partial charge in [0.25, 0.3) is 0 Å². The van der Waals surface area contributed by atoms with Crippen LogP contribution < -0.4 is 11.1 Å². The number of aliphatic imine (C=N–C) groups is 1. The molecule has 1 aliphatic heterocycles. The fourth-order valence-electron chi connectivity index (χ4n) is 2.84. The van der Waals surface area contributed by atoms with Crippen LogP contribution in [0.3, 0.4) is 0 Å². The first-order chi connectivity index (χ1) is 9.19. The SMILES string of the molecule is CN=C(NCCC1CC1)N1CCCC(CC(N)=O)C1.I. The second-order valence-electron chi connectivity index (χ2n) is 5.83. The van der Waals surface area contributed by atoms with Crippen LogP contribution in [0.15, 0.2) is 4.99 Å². The number of hydrogen-bond donors (Lipinski definition) is 2. The summed E-state index contributed by atoms with van der Waals surface area (Å²) in [4.78, 5) is 17.7. The molecule has 1 saturated carbocycles. The number of likely N-dealkylation sites (tertiary alicyclic amines) is 1. The van der Waals surface area contributed by atoms with Gasteiger partial charge in [0, 0.05) is 33.1 Å². The monoisotopic (exact) mass is 394 g/mol. The normalized spacial score (nSPS) is 23.1. The van der Waals surface area contributed by atoms with Gasteiger partial charge in [0.2, 0.25) is 5.91 Å². The summed E-state index contributed by atoms with van der Waals surface area (Å²) in [7, 11) is 1.83. The summed E-state index contributed by atoms with van der Waals surface area (Å²) >= 11 is 0. The van der Waals surface area contributed by atoms with Gasteiger partial charge in [-0.15, -0.1) is 24.0 Å². The fourth-order valence-corrected chi connectivity index (χ4v) is 2.84. The van der Waals surface area contributed by atoms with E-state index in [9.17, 15) is 4.79 Å². The number of carbonyl (C=O) groups is 1. The van der Waals surface area contributed by atoms with Gasteiger partial charge < -0.3 is 16.0 Å². The van der Waals surface area contributed by atoms with Crippen LogP contribution in [-0.4, -0.2) is 43.4 Å². The minimum Gasteiger partial charge on any atom is -0.370 e. The van der Waals surface area contributed by atoms with Crippen LogP contribution in [0.4, 0.5) is 0 Å². The third-order valence-electron chi connectivity index (χ3n) is 4.05. The molecule has 1 unspecified atom stereocenters. The number of amides is 1. The number of rotatable bonds is 5. The molecule has 20 heavy (non-hydrogen) atoms. The zero-order chi connectivity index (χ0) is 13.7. The van der Waals surface area contributed by atoms with Gasteiger partial charge in [-0.25, -0.2) is 0 Å². The Morgan fingerprint density at radius 1 is 1.35 bits per heavy atom. The van der Waals surface area contributed by atoms with E-state index in [-0.39, 0.29) is 29.9 Å². The molecular weight excluding hydrogens is 367 g/mol. The van der Waals surface area contributed by atoms with Crippen LogP contribution in [0.1, 0.15) is 38.5 Å². The van der Waals surface area contributed by atoms with Gasteiger partial charge in [-0.05, 0) is 31.1 Å². The Morgan fingerprint density at radius 2 is 2.10 bits per heavy atom. The molecule has 6 heteroatoms. The van der Waals surface area contributed by atoms with Crippen LogP contribution in [0.2, 0.25) is 0 Å². The van der Waals surface area contributed by atoms with Gasteiger partial charge in [-0.3, -0.25) is 9.79 Å². The topological polar surface area (TPSA) is 70.7 Å². The molecule has 2 rings (SSSR count). The van der Waals surface area contributed by atoms with E-state index in [2.05, 4.69) is 15.2 Å². The third-order valence-corrected chi connectivity index (χ3v) is 4.05. The van der Waals surface area contributed by atoms with Gasteiger partial charge >= 0.3 is 0 Å². The van der Waals surface area contributed by atoms with E-state index in [1.807, 2.05) is 7.05 Å². The Hall–Kier alpha value is -0.530. The molecule has 3 N–H and O–H groups in total. The maximum Gasteiger partial charge on any atom is 0.217 e. The molecule has 116 valence electrons. The maximum atomic E-state index is 11.0. The Bertz CT molecular complexity index is 344. The van der Waals surface area contributed by atoms with E-state index in [4.69, 9.17) is 5.73 Å². The summed E-state index contributed by atoms with van der Waals surface area (Å²) in [6, 6.07) is 0. The molecule has 1 aliphatic carbocycles. The highest BCUT2D eigenvalue weighted by molar-refractivity contribution is 14.0. The Morgan fingerprint density at radius 3 is 2.70 bits per heavy atom. The zero-order valence-corrected chi connectivity index (χ0v) is 14.6. The second kappa shape index (κ2) is 8.69. The molecule has 1 heterocycles. The van der Waals surface area contributed by atoms with Crippen molar-refractivity contribution >= 4 is 35.8 Å². The molecule has 1 atom stereocenters. The van der Waals surface area contributed by atoms with Gasteiger partial charge in [0.15, 0.2) is 5.96 Å². The highest BCUT2D eigenvalue weighted by Gasteiger charge is 2.24. The number of nitrogens with zero attached hydrogens (tertiary/aromatic N) is 2. The molecule has 1 saturated heterocycles. The highest BCUT2D eigenvalue weighted by Crippen LogP contribution is 2.31. The first-order valence-corrected chi connectivity index (χ1v) is 7.43. The maximum absolute atomic E-state index is 11.0. The number of carbonyl (C=O) groups excluding carboxylic acids is 1. The molecule has 1 amide bonds. The zero-order valence-electron chi connectivity index (χ0n) is 12.3. The van der Waals surface area contributed by atoms with Gasteiger partial charge in [0.1, 0.15) is 0 Å². The largest absolute Gasteiger partial charge is 0.370 e. The summed E-state index contributed by atoms with van der Waals surface area (Å²) in [5, 5.41) is 3.44. The number of hydrogen-bond acceptors (Lipinski definition) is 2. The molecule has 0 spiro atoms. The minimum atomic E-state index is -0.191. The minimum absolute atomic E-state index is 0. The molecule has 5 nitrogen and oxygen atoms in total. The van der Waals surface area contributed by atoms with Crippen LogP contribution in [0.5, 0.6) is 0 Å². The van der Waals surface area contributed by atoms with Crippen LogP contribution in [0.25, 0.3) is 0 Å². The van der Waals surface area contributed by atoms with Crippen molar-refractivity contribution in [3.63, 3.8) is 0 Å². The average molecular weight is 394 g/mol. The van der Waals surface area contributed by atoms with Crippen molar-refractivity contribution in [3.8, 4) is 0 Å². The Balaban J connectivity index is 0.00000200. The van der Waals surface area contributed by atoms with Gasteiger partial charge in [0.05, 0.1) is 0 Å². The standard InChI is InChI=1S/C14H26N4O.HI/c1-16-14(17-7-6-11-4-5-11)18-8-2-3-12(10-18)9-13(15)19;/h11-12H,2-10H2,1H3,(H2,15,19)(H,16,17);1H. The quantitative estimate of drug-likeness (QED) is 0.423. The highest BCUT2D eigenvalue weighted by atomic mass is 127. The fraction of sp³-hybridized carbons (Fsp3) is 0.857. The Labute approximate surface area is 138 Å². The molecule has 2 aliphatic rings. The molecule has 0 aromatic carbocycles. The number of halogens is 1. The second-order valence-corrected chi connectivity index (χ2v) is 5.83. The van der Waals surface area contributed by atoms with Crippen molar-refractivity contribution in [2.24, 2.45) is 22.6 Å². The molecule has 0 aromatic heterocycles. The number of nitrogens with two attached hydrogens (primary N) is 1. The predicted octanol–water partition coefficient (Wildman–Crippen LogP) is 1.57. The van der Waals surface area contributed by atoms with Gasteiger partial charge in [-0.2, -0.15) is 0 Å². The van der Waals surface area contributed by atoms with Crippen molar-refractivity contribution in [2.75, 3.05) is 26.7 Å². The predicted molar refractivity (Wildman–Crippen MR) is 92.2 cm³/mol. The van der Waals surface area contributed by atoms with Crippen LogP contribution in [0, 0.1) is 11.8 Å². The number of guanidine groups is 1. The summed E-state index contributed by atoms with van der Waals surface area (Å²) in [5.74, 6) is 2.11. The molecule has 0 bridgehead atoms. The van der Waals surface area contributed by atoms with Crippen molar-refractivity contribution in [2.45, 2.75) is 38.5 Å². The van der Waals surface area contributed by atoms with Crippen molar-refractivity contribution in [1.82, 2.24) is 10.2 Å². The summed E-state index contributed by atoms with van der Waals surface area (Å²) in [6.07, 6.45) is 6.74. The number of primary amides is 1. The first-order valence-electron chi connectivity index (χ1n) is 7.43. The van der Waals surface area contributed by atoms with Crippen LogP contribution >= 0.6 is 24.0 Å². The van der Waals surface area contributed by atoms with E-state index < -0.39 is 0 Å². The lowest BCUT2D eigenvalue weighted by atomic mass is 9.95. The summed E-state index contributed by atoms with van der Waals surface area (Å²) in [5.41, 5.74) is 5.29. The third kappa shape index (κ3) is 5.85. The van der Waals surface area contributed by atoms with Crippen molar-refractivity contribution in [3.05, 3.63) is 0 Å². The van der Waals surface area contributed by atoms with Crippen LogP contribution in [-0.2, 0) is 4.79 Å². The lowest BCUT2D eigenvalue weighted by Gasteiger charge is -2.34. The van der Waals surface area contributed by atoms with E-state index in [0.29, 0.717) is 12.3 Å². The summed E-state index contributed by atoms with van der Waals surface area (Å²) in [6.45, 7) is 2.93. The first kappa shape index (κ1) is 17.5. The molecule has 2 fully saturated rings. The molecule has 0 radical (unpaired) electrons. The average Bonchev–Trinajstić information content (AvgIpc) is 3.18. The number of nitrogens with one attached hydrogen (secondary N) is 1. The smallest absolute Gasteiger partial charge is 0.217 e. The lowest BCUT2D eigenvalue weighted by molar-refractivity contribution is -0.119. The van der Waals surface area contributed by atoms with E-state index >= 15 is 0 Å². The molecular formula is C14H27IN4O. The Kier molecular flexibility index (Phi) is 7.61.